The molecule has 104 valence electrons. The maximum atomic E-state index is 3.68. The van der Waals surface area contributed by atoms with E-state index < -0.39 is 0 Å². The molecule has 1 atom stereocenters. The molecule has 0 radical (unpaired) electrons. The lowest BCUT2D eigenvalue weighted by atomic mass is 9.67. The van der Waals surface area contributed by atoms with Gasteiger partial charge in [-0.3, -0.25) is 0 Å². The van der Waals surface area contributed by atoms with Gasteiger partial charge in [-0.15, -0.1) is 0 Å². The van der Waals surface area contributed by atoms with Crippen molar-refractivity contribution < 1.29 is 0 Å². The van der Waals surface area contributed by atoms with Crippen molar-refractivity contribution in [3.05, 3.63) is 0 Å². The third-order valence-corrected chi connectivity index (χ3v) is 4.49. The zero-order chi connectivity index (χ0) is 13.1. The van der Waals surface area contributed by atoms with E-state index in [9.17, 15) is 0 Å². The molecule has 0 saturated carbocycles. The van der Waals surface area contributed by atoms with Gasteiger partial charge in [-0.05, 0) is 37.1 Å². The van der Waals surface area contributed by atoms with E-state index in [2.05, 4.69) is 39.9 Å². The topological polar surface area (TPSA) is 12.0 Å². The van der Waals surface area contributed by atoms with Crippen LogP contribution in [0.3, 0.4) is 0 Å². The zero-order valence-electron chi connectivity index (χ0n) is 12.9. The summed E-state index contributed by atoms with van der Waals surface area (Å²) in [4.78, 5) is 0. The Morgan fingerprint density at radius 2 is 1.59 bits per heavy atom. The molecule has 1 heteroatoms. The van der Waals surface area contributed by atoms with Gasteiger partial charge in [0.1, 0.15) is 0 Å². The third kappa shape index (κ3) is 5.42. The summed E-state index contributed by atoms with van der Waals surface area (Å²) in [5.41, 5.74) is 0.550. The summed E-state index contributed by atoms with van der Waals surface area (Å²) in [5.74, 6) is 0.892. The molecule has 1 nitrogen and oxygen atoms in total. The SMILES string of the molecule is CCCCC(CC)(CNCCC)C(CC)CC. The van der Waals surface area contributed by atoms with Crippen molar-refractivity contribution >= 4 is 0 Å². The van der Waals surface area contributed by atoms with Crippen LogP contribution in [0, 0.1) is 11.3 Å². The first-order chi connectivity index (χ1) is 8.20. The largest absolute Gasteiger partial charge is 0.316 e. The summed E-state index contributed by atoms with van der Waals surface area (Å²) in [5, 5.41) is 3.68. The Morgan fingerprint density at radius 3 is 2.00 bits per heavy atom. The predicted octanol–water partition coefficient (Wildman–Crippen LogP) is 5.01. The lowest BCUT2D eigenvalue weighted by Crippen LogP contribution is -2.40. The lowest BCUT2D eigenvalue weighted by Gasteiger charge is -2.40. The minimum atomic E-state index is 0.550. The molecule has 0 heterocycles. The van der Waals surface area contributed by atoms with Gasteiger partial charge in [0.25, 0.3) is 0 Å². The Balaban J connectivity index is 4.59. The molecule has 0 fully saturated rings. The van der Waals surface area contributed by atoms with Gasteiger partial charge in [0.15, 0.2) is 0 Å². The maximum absolute atomic E-state index is 3.68. The molecule has 0 bridgehead atoms. The standard InChI is InChI=1S/C16H35N/c1-6-11-12-16(10-5,14-17-13-7-2)15(8-3)9-4/h15,17H,6-14H2,1-5H3. The summed E-state index contributed by atoms with van der Waals surface area (Å²) < 4.78 is 0. The number of hydrogen-bond donors (Lipinski definition) is 1. The molecule has 0 aromatic rings. The fourth-order valence-corrected chi connectivity index (χ4v) is 3.22. The average Bonchev–Trinajstić information content (AvgIpc) is 2.36. The van der Waals surface area contributed by atoms with Crippen LogP contribution in [0.4, 0.5) is 0 Å². The van der Waals surface area contributed by atoms with Gasteiger partial charge in [-0.2, -0.15) is 0 Å². The first-order valence-electron chi connectivity index (χ1n) is 7.91. The summed E-state index contributed by atoms with van der Waals surface area (Å²) >= 11 is 0. The van der Waals surface area contributed by atoms with Crippen molar-refractivity contribution in [3.63, 3.8) is 0 Å². The summed E-state index contributed by atoms with van der Waals surface area (Å²) in [6, 6.07) is 0. The first-order valence-corrected chi connectivity index (χ1v) is 7.91. The van der Waals surface area contributed by atoms with Crippen LogP contribution in [0.15, 0.2) is 0 Å². The van der Waals surface area contributed by atoms with Crippen LogP contribution in [0.25, 0.3) is 0 Å². The van der Waals surface area contributed by atoms with Crippen LogP contribution < -0.4 is 5.32 Å². The Labute approximate surface area is 110 Å². The van der Waals surface area contributed by atoms with E-state index in [1.54, 1.807) is 0 Å². The Hall–Kier alpha value is -0.0400. The van der Waals surface area contributed by atoms with E-state index in [4.69, 9.17) is 0 Å². The number of unbranched alkanes of at least 4 members (excludes halogenated alkanes) is 1. The second-order valence-electron chi connectivity index (χ2n) is 5.51. The summed E-state index contributed by atoms with van der Waals surface area (Å²) in [6.07, 6.45) is 9.37. The van der Waals surface area contributed by atoms with Crippen molar-refractivity contribution in [2.24, 2.45) is 11.3 Å². The van der Waals surface area contributed by atoms with Crippen LogP contribution in [0.5, 0.6) is 0 Å². The van der Waals surface area contributed by atoms with Gasteiger partial charge in [0, 0.05) is 6.54 Å². The highest BCUT2D eigenvalue weighted by atomic mass is 14.9. The monoisotopic (exact) mass is 241 g/mol. The molecule has 0 aromatic heterocycles. The normalized spacial score (nSPS) is 15.2. The second-order valence-corrected chi connectivity index (χ2v) is 5.51. The quantitative estimate of drug-likeness (QED) is 0.501. The smallest absolute Gasteiger partial charge is 0.00104 e. The predicted molar refractivity (Wildman–Crippen MR) is 79.5 cm³/mol. The molecule has 1 N–H and O–H groups in total. The van der Waals surface area contributed by atoms with Crippen LogP contribution in [-0.2, 0) is 0 Å². The molecule has 0 rings (SSSR count). The van der Waals surface area contributed by atoms with Gasteiger partial charge in [0.2, 0.25) is 0 Å². The van der Waals surface area contributed by atoms with Gasteiger partial charge in [-0.25, -0.2) is 0 Å². The van der Waals surface area contributed by atoms with Gasteiger partial charge < -0.3 is 5.32 Å². The Kier molecular flexibility index (Phi) is 9.91. The lowest BCUT2D eigenvalue weighted by molar-refractivity contribution is 0.118. The Morgan fingerprint density at radius 1 is 0.941 bits per heavy atom. The van der Waals surface area contributed by atoms with Crippen molar-refractivity contribution in [3.8, 4) is 0 Å². The van der Waals surface area contributed by atoms with Gasteiger partial charge in [0.05, 0.1) is 0 Å². The molecular weight excluding hydrogens is 206 g/mol. The van der Waals surface area contributed by atoms with Gasteiger partial charge >= 0.3 is 0 Å². The molecule has 0 spiro atoms. The highest BCUT2D eigenvalue weighted by Gasteiger charge is 2.33. The molecule has 1 unspecified atom stereocenters. The fraction of sp³-hybridized carbons (Fsp3) is 1.00. The highest BCUT2D eigenvalue weighted by molar-refractivity contribution is 4.86. The molecule has 0 aliphatic rings. The number of hydrogen-bond acceptors (Lipinski definition) is 1. The molecule has 0 aromatic carbocycles. The van der Waals surface area contributed by atoms with E-state index in [1.807, 2.05) is 0 Å². The molecule has 17 heavy (non-hydrogen) atoms. The van der Waals surface area contributed by atoms with Gasteiger partial charge in [-0.1, -0.05) is 60.3 Å². The van der Waals surface area contributed by atoms with Crippen LogP contribution >= 0.6 is 0 Å². The first kappa shape index (κ1) is 17.0. The third-order valence-electron chi connectivity index (χ3n) is 4.49. The minimum absolute atomic E-state index is 0.550. The van der Waals surface area contributed by atoms with Crippen molar-refractivity contribution in [2.45, 2.75) is 79.6 Å². The van der Waals surface area contributed by atoms with E-state index in [0.717, 1.165) is 5.92 Å². The van der Waals surface area contributed by atoms with E-state index in [1.165, 1.54) is 58.0 Å². The molecule has 0 saturated heterocycles. The van der Waals surface area contributed by atoms with E-state index in [0.29, 0.717) is 5.41 Å². The van der Waals surface area contributed by atoms with Crippen LogP contribution in [-0.4, -0.2) is 13.1 Å². The zero-order valence-corrected chi connectivity index (χ0v) is 12.9. The number of nitrogens with one attached hydrogen (secondary N) is 1. The van der Waals surface area contributed by atoms with Crippen molar-refractivity contribution in [1.29, 1.82) is 0 Å². The minimum Gasteiger partial charge on any atom is -0.316 e. The highest BCUT2D eigenvalue weighted by Crippen LogP contribution is 2.40. The summed E-state index contributed by atoms with van der Waals surface area (Å²) in [6.45, 7) is 14.1. The second kappa shape index (κ2) is 9.94. The van der Waals surface area contributed by atoms with Crippen LogP contribution in [0.1, 0.15) is 79.6 Å². The summed E-state index contributed by atoms with van der Waals surface area (Å²) in [7, 11) is 0. The molecule has 0 aliphatic heterocycles. The average molecular weight is 241 g/mol. The Bertz CT molecular complexity index is 163. The number of rotatable bonds is 11. The van der Waals surface area contributed by atoms with Crippen molar-refractivity contribution in [2.75, 3.05) is 13.1 Å². The van der Waals surface area contributed by atoms with E-state index >= 15 is 0 Å². The fourth-order valence-electron chi connectivity index (χ4n) is 3.22. The molecule has 0 aliphatic carbocycles. The van der Waals surface area contributed by atoms with E-state index in [-0.39, 0.29) is 0 Å². The van der Waals surface area contributed by atoms with Crippen molar-refractivity contribution in [1.82, 2.24) is 5.32 Å². The van der Waals surface area contributed by atoms with Crippen LogP contribution in [0.2, 0.25) is 0 Å². The maximum Gasteiger partial charge on any atom is 0.00104 e. The molecule has 0 amide bonds. The molecular formula is C16H35N.